The van der Waals surface area contributed by atoms with Gasteiger partial charge in [-0.1, -0.05) is 36.4 Å². The highest BCUT2D eigenvalue weighted by Crippen LogP contribution is 2.39. The lowest BCUT2D eigenvalue weighted by Crippen LogP contribution is -2.07. The Morgan fingerprint density at radius 2 is 0.923 bits per heavy atom. The maximum Gasteiger partial charge on any atom is 0.210 e. The van der Waals surface area contributed by atoms with E-state index in [0.717, 1.165) is 12.1 Å². The van der Waals surface area contributed by atoms with Crippen molar-refractivity contribution in [1.29, 1.82) is 0 Å². The maximum absolute atomic E-state index is 12.8. The van der Waals surface area contributed by atoms with Crippen molar-refractivity contribution >= 4 is 19.7 Å². The zero-order chi connectivity index (χ0) is 18.9. The number of hydrogen-bond acceptors (Lipinski definition) is 6. The maximum atomic E-state index is 12.8. The molecule has 0 bridgehead atoms. The molecule has 0 spiro atoms. The predicted molar refractivity (Wildman–Crippen MR) is 93.6 cm³/mol. The van der Waals surface area contributed by atoms with Crippen LogP contribution >= 0.6 is 0 Å². The van der Waals surface area contributed by atoms with Gasteiger partial charge in [0.15, 0.2) is 5.75 Å². The molecule has 0 aliphatic carbocycles. The van der Waals surface area contributed by atoms with E-state index in [1.54, 1.807) is 12.1 Å². The molecule has 0 saturated carbocycles. The largest absolute Gasteiger partial charge is 0.508 e. The van der Waals surface area contributed by atoms with E-state index in [9.17, 15) is 27.0 Å². The average Bonchev–Trinajstić information content (AvgIpc) is 2.64. The molecular weight excluding hydrogens is 376 g/mol. The summed E-state index contributed by atoms with van der Waals surface area (Å²) < 4.78 is 51.0. The molecular formula is C18H14O6S2. The van der Waals surface area contributed by atoms with Gasteiger partial charge < -0.3 is 10.2 Å². The normalized spacial score (nSPS) is 12.0. The molecule has 8 heteroatoms. The standard InChI is InChI=1S/C18H14O6S2/c19-13-11-16(25(21,22)14-7-3-1-4-8-14)18(20)17(12-13)26(23,24)15-9-5-2-6-10-15/h1-12,19-20H. The molecule has 0 radical (unpaired) electrons. The summed E-state index contributed by atoms with van der Waals surface area (Å²) in [5.41, 5.74) is 0. The van der Waals surface area contributed by atoms with Crippen molar-refractivity contribution in [3.63, 3.8) is 0 Å². The number of benzene rings is 3. The van der Waals surface area contributed by atoms with Gasteiger partial charge in [-0.3, -0.25) is 0 Å². The Balaban J connectivity index is 2.27. The predicted octanol–water partition coefficient (Wildman–Crippen LogP) is 2.76. The van der Waals surface area contributed by atoms with Crippen molar-refractivity contribution in [2.45, 2.75) is 19.6 Å². The van der Waals surface area contributed by atoms with Gasteiger partial charge >= 0.3 is 0 Å². The van der Waals surface area contributed by atoms with Crippen LogP contribution in [0.15, 0.2) is 92.4 Å². The Morgan fingerprint density at radius 1 is 0.577 bits per heavy atom. The minimum absolute atomic E-state index is 0.135. The van der Waals surface area contributed by atoms with Crippen molar-refractivity contribution in [2.75, 3.05) is 0 Å². The highest BCUT2D eigenvalue weighted by molar-refractivity contribution is 7.92. The molecule has 0 amide bonds. The molecule has 0 aliphatic heterocycles. The molecule has 26 heavy (non-hydrogen) atoms. The Hall–Kier alpha value is -2.84. The van der Waals surface area contributed by atoms with E-state index in [1.807, 2.05) is 0 Å². The van der Waals surface area contributed by atoms with Crippen molar-refractivity contribution in [1.82, 2.24) is 0 Å². The second-order valence-corrected chi connectivity index (χ2v) is 9.26. The Bertz CT molecular complexity index is 1060. The Labute approximate surface area is 150 Å². The van der Waals surface area contributed by atoms with Crippen LogP contribution in [0.2, 0.25) is 0 Å². The van der Waals surface area contributed by atoms with E-state index in [4.69, 9.17) is 0 Å². The second-order valence-electron chi connectivity index (χ2n) is 5.42. The summed E-state index contributed by atoms with van der Waals surface area (Å²) >= 11 is 0. The zero-order valence-electron chi connectivity index (χ0n) is 13.3. The summed E-state index contributed by atoms with van der Waals surface area (Å²) in [6.07, 6.45) is 0. The number of sulfone groups is 2. The van der Waals surface area contributed by atoms with E-state index in [1.165, 1.54) is 48.5 Å². The van der Waals surface area contributed by atoms with Gasteiger partial charge in [-0.25, -0.2) is 16.8 Å². The number of phenolic OH excluding ortho intramolecular Hbond substituents is 2. The third-order valence-electron chi connectivity index (χ3n) is 3.71. The van der Waals surface area contributed by atoms with Crippen molar-refractivity contribution in [3.8, 4) is 11.5 Å². The molecule has 0 atom stereocenters. The molecule has 0 fully saturated rings. The highest BCUT2D eigenvalue weighted by atomic mass is 32.2. The van der Waals surface area contributed by atoms with Gasteiger partial charge in [0.05, 0.1) is 9.79 Å². The average molecular weight is 390 g/mol. The van der Waals surface area contributed by atoms with Crippen LogP contribution < -0.4 is 0 Å². The molecule has 3 aromatic rings. The molecule has 134 valence electrons. The van der Waals surface area contributed by atoms with Gasteiger partial charge in [-0.2, -0.15) is 0 Å². The first-order chi connectivity index (χ1) is 12.2. The number of rotatable bonds is 4. The molecule has 0 unspecified atom stereocenters. The van der Waals surface area contributed by atoms with Crippen molar-refractivity contribution < 1.29 is 27.0 Å². The minimum atomic E-state index is -4.23. The van der Waals surface area contributed by atoms with Crippen LogP contribution in [0.4, 0.5) is 0 Å². The SMILES string of the molecule is O=S(=O)(c1ccccc1)c1cc(O)cc(S(=O)(=O)c2ccccc2)c1O. The summed E-state index contributed by atoms with van der Waals surface area (Å²) in [6.45, 7) is 0. The van der Waals surface area contributed by atoms with Gasteiger partial charge in [-0.05, 0) is 24.3 Å². The zero-order valence-corrected chi connectivity index (χ0v) is 14.9. The summed E-state index contributed by atoms with van der Waals surface area (Å²) in [6, 6.07) is 16.1. The molecule has 2 N–H and O–H groups in total. The first-order valence-electron chi connectivity index (χ1n) is 7.41. The van der Waals surface area contributed by atoms with Gasteiger partial charge in [0.1, 0.15) is 15.5 Å². The second kappa shape index (κ2) is 6.47. The molecule has 3 aromatic carbocycles. The lowest BCUT2D eigenvalue weighted by atomic mass is 10.3. The van der Waals surface area contributed by atoms with Gasteiger partial charge in [0.25, 0.3) is 0 Å². The first kappa shape index (κ1) is 18.0. The fourth-order valence-electron chi connectivity index (χ4n) is 2.43. The third kappa shape index (κ3) is 3.04. The van der Waals surface area contributed by atoms with Crippen LogP contribution in [0, 0.1) is 0 Å². The van der Waals surface area contributed by atoms with Gasteiger partial charge in [-0.15, -0.1) is 0 Å². The molecule has 0 aromatic heterocycles. The Kier molecular flexibility index (Phi) is 4.47. The highest BCUT2D eigenvalue weighted by Gasteiger charge is 2.30. The van der Waals surface area contributed by atoms with Crippen molar-refractivity contribution in [3.05, 3.63) is 72.8 Å². The van der Waals surface area contributed by atoms with E-state index in [2.05, 4.69) is 0 Å². The monoisotopic (exact) mass is 390 g/mol. The van der Waals surface area contributed by atoms with E-state index in [-0.39, 0.29) is 9.79 Å². The molecule has 6 nitrogen and oxygen atoms in total. The van der Waals surface area contributed by atoms with Crippen LogP contribution in [-0.4, -0.2) is 27.0 Å². The lowest BCUT2D eigenvalue weighted by Gasteiger charge is -2.12. The summed E-state index contributed by atoms with van der Waals surface area (Å²) in [7, 11) is -8.46. The smallest absolute Gasteiger partial charge is 0.210 e. The fraction of sp³-hybridized carbons (Fsp3) is 0. The minimum Gasteiger partial charge on any atom is -0.508 e. The topological polar surface area (TPSA) is 109 Å². The van der Waals surface area contributed by atoms with Crippen LogP contribution in [-0.2, 0) is 19.7 Å². The van der Waals surface area contributed by atoms with Gasteiger partial charge in [0.2, 0.25) is 19.7 Å². The van der Waals surface area contributed by atoms with Crippen LogP contribution in [0.3, 0.4) is 0 Å². The Morgan fingerprint density at radius 3 is 1.27 bits per heavy atom. The van der Waals surface area contributed by atoms with Crippen molar-refractivity contribution in [2.24, 2.45) is 0 Å². The van der Waals surface area contributed by atoms with E-state index < -0.39 is 41.0 Å². The van der Waals surface area contributed by atoms with Gasteiger partial charge in [0, 0.05) is 12.1 Å². The molecule has 0 heterocycles. The van der Waals surface area contributed by atoms with Crippen LogP contribution in [0.5, 0.6) is 11.5 Å². The van der Waals surface area contributed by atoms with E-state index in [0.29, 0.717) is 0 Å². The van der Waals surface area contributed by atoms with E-state index >= 15 is 0 Å². The fourth-order valence-corrected chi connectivity index (χ4v) is 5.32. The summed E-state index contributed by atoms with van der Waals surface area (Å²) in [5.74, 6) is -1.53. The molecule has 3 rings (SSSR count). The summed E-state index contributed by atoms with van der Waals surface area (Å²) in [5, 5.41) is 20.3. The third-order valence-corrected chi connectivity index (χ3v) is 7.28. The molecule has 0 saturated heterocycles. The van der Waals surface area contributed by atoms with Crippen LogP contribution in [0.25, 0.3) is 0 Å². The summed E-state index contributed by atoms with van der Waals surface area (Å²) in [4.78, 5) is -1.63. The lowest BCUT2D eigenvalue weighted by molar-refractivity contribution is 0.429. The quantitative estimate of drug-likeness (QED) is 0.663. The number of phenols is 2. The first-order valence-corrected chi connectivity index (χ1v) is 10.4. The number of aromatic hydroxyl groups is 2. The molecule has 0 aliphatic rings. The van der Waals surface area contributed by atoms with Crippen LogP contribution in [0.1, 0.15) is 0 Å². The number of hydrogen-bond donors (Lipinski definition) is 2.